The Morgan fingerprint density at radius 2 is 1.68 bits per heavy atom. The highest BCUT2D eigenvalue weighted by Crippen LogP contribution is 2.61. The van der Waals surface area contributed by atoms with Gasteiger partial charge in [0, 0.05) is 36.3 Å². The molecule has 7 unspecified atom stereocenters. The van der Waals surface area contributed by atoms with E-state index in [9.17, 15) is 67.8 Å². The molecule has 0 aliphatic carbocycles. The molecule has 1 aliphatic rings. The summed E-state index contributed by atoms with van der Waals surface area (Å²) in [6, 6.07) is 13.0. The zero-order chi connectivity index (χ0) is 48.6. The van der Waals surface area contributed by atoms with Crippen LogP contribution in [0.25, 0.3) is 28.0 Å². The fraction of sp³-hybridized carbons (Fsp3) is 0.417. The molecule has 2 amide bonds. The average molecular weight is 1010 g/mol. The van der Waals surface area contributed by atoms with E-state index in [4.69, 9.17) is 19.5 Å². The summed E-state index contributed by atoms with van der Waals surface area (Å²) in [5.74, 6) is -2.72. The van der Waals surface area contributed by atoms with Crippen LogP contribution in [0.4, 0.5) is 5.82 Å². The van der Waals surface area contributed by atoms with Gasteiger partial charge in [0.2, 0.25) is 16.9 Å². The number of thioether (sulfide) groups is 1. The van der Waals surface area contributed by atoms with Crippen LogP contribution in [0.5, 0.6) is 0 Å². The molecule has 30 heteroatoms. The Bertz CT molecular complexity index is 2610. The van der Waals surface area contributed by atoms with E-state index in [-0.39, 0.29) is 47.8 Å². The zero-order valence-electron chi connectivity index (χ0n) is 34.8. The number of carbonyl (C=O) groups is 4. The molecule has 2 aromatic heterocycles. The number of hydrogen-bond donors (Lipinski definition) is 10. The van der Waals surface area contributed by atoms with E-state index in [1.807, 2.05) is 36.4 Å². The Hall–Kier alpha value is -4.53. The first kappa shape index (κ1) is 52.4. The van der Waals surface area contributed by atoms with E-state index in [0.717, 1.165) is 39.8 Å². The number of carboxylic acid groups (broad SMARTS) is 1. The van der Waals surface area contributed by atoms with Crippen LogP contribution in [0.1, 0.15) is 38.5 Å². The van der Waals surface area contributed by atoms with Gasteiger partial charge >= 0.3 is 29.4 Å². The number of aliphatic hydroxyl groups is 2. The number of carboxylic acids is 1. The van der Waals surface area contributed by atoms with Gasteiger partial charge in [-0.2, -0.15) is 4.31 Å². The van der Waals surface area contributed by atoms with Crippen molar-refractivity contribution >= 4 is 92.0 Å². The zero-order valence-corrected chi connectivity index (χ0v) is 38.3. The molecule has 3 heterocycles. The predicted octanol–water partition coefficient (Wildman–Crippen LogP) is 1.38. The van der Waals surface area contributed by atoms with Crippen molar-refractivity contribution in [1.82, 2.24) is 30.2 Å². The maximum absolute atomic E-state index is 12.9. The number of nitrogens with one attached hydrogen (secondary N) is 2. The van der Waals surface area contributed by atoms with Crippen molar-refractivity contribution in [3.8, 4) is 0 Å². The topological polar surface area (TPSA) is 401 Å². The molecule has 11 N–H and O–H groups in total. The molecular formula is C36H46N7O19P3S. The number of benzene rings is 2. The van der Waals surface area contributed by atoms with Crippen molar-refractivity contribution < 1.29 is 90.4 Å². The molecule has 5 rings (SSSR count). The Morgan fingerprint density at radius 3 is 2.38 bits per heavy atom. The first-order valence-corrected chi connectivity index (χ1v) is 24.8. The number of carbonyl (C=O) groups excluding carboxylic acids is 3. The van der Waals surface area contributed by atoms with Gasteiger partial charge < -0.3 is 56.0 Å². The molecule has 1 saturated heterocycles. The van der Waals surface area contributed by atoms with Crippen LogP contribution in [-0.2, 0) is 55.5 Å². The van der Waals surface area contributed by atoms with Crippen LogP contribution in [0.15, 0.2) is 60.7 Å². The van der Waals surface area contributed by atoms with Crippen LogP contribution in [0.3, 0.4) is 0 Å². The fourth-order valence-electron chi connectivity index (χ4n) is 6.21. The van der Waals surface area contributed by atoms with Crippen molar-refractivity contribution in [2.75, 3.05) is 37.8 Å². The van der Waals surface area contributed by atoms with E-state index in [1.165, 1.54) is 19.9 Å². The number of aromatic nitrogens is 4. The van der Waals surface area contributed by atoms with Crippen molar-refractivity contribution in [2.24, 2.45) is 5.41 Å². The van der Waals surface area contributed by atoms with Gasteiger partial charge in [-0.3, -0.25) is 37.3 Å². The summed E-state index contributed by atoms with van der Waals surface area (Å²) in [4.78, 5) is 101. The van der Waals surface area contributed by atoms with Gasteiger partial charge in [-0.05, 0) is 28.5 Å². The minimum Gasteiger partial charge on any atom is -0.481 e. The van der Waals surface area contributed by atoms with Crippen molar-refractivity contribution in [2.45, 2.75) is 57.3 Å². The highest BCUT2D eigenvalue weighted by atomic mass is 32.2. The molecule has 1 aliphatic heterocycles. The number of nitrogen functional groups attached to an aromatic ring is 1. The number of imidazole rings is 1. The Balaban J connectivity index is 1.04. The van der Waals surface area contributed by atoms with Gasteiger partial charge in [0.25, 0.3) is 0 Å². The van der Waals surface area contributed by atoms with Crippen molar-refractivity contribution in [3.05, 3.63) is 66.3 Å². The number of fused-ring (bicyclic) bond motifs is 2. The van der Waals surface area contributed by atoms with Gasteiger partial charge in [-0.25, -0.2) is 28.6 Å². The van der Waals surface area contributed by atoms with Gasteiger partial charge in [0.1, 0.15) is 36.3 Å². The number of ether oxygens (including phenoxy) is 1. The second-order valence-corrected chi connectivity index (χ2v) is 20.4. The lowest BCUT2D eigenvalue weighted by atomic mass is 9.87. The molecule has 2 aromatic carbocycles. The first-order chi connectivity index (χ1) is 30.8. The van der Waals surface area contributed by atoms with Crippen LogP contribution in [0, 0.1) is 5.41 Å². The number of phosphoric ester groups is 3. The van der Waals surface area contributed by atoms with Crippen molar-refractivity contribution in [1.29, 1.82) is 0 Å². The summed E-state index contributed by atoms with van der Waals surface area (Å²) in [6.45, 7) is 0.0995. The summed E-state index contributed by atoms with van der Waals surface area (Å²) in [5, 5.41) is 37.2. The number of rotatable bonds is 23. The number of hydrogen-bond acceptors (Lipinski definition) is 19. The number of nitrogens with two attached hydrogens (primary N) is 1. The Kier molecular flexibility index (Phi) is 17.5. The third kappa shape index (κ3) is 14.7. The summed E-state index contributed by atoms with van der Waals surface area (Å²) < 4.78 is 62.4. The molecule has 360 valence electrons. The lowest BCUT2D eigenvalue weighted by molar-refractivity contribution is -0.137. The summed E-state index contributed by atoms with van der Waals surface area (Å²) >= 11 is 0.812. The lowest BCUT2D eigenvalue weighted by Gasteiger charge is -2.30. The summed E-state index contributed by atoms with van der Waals surface area (Å²) in [7, 11) is -16.5. The minimum absolute atomic E-state index is 0.0153. The van der Waals surface area contributed by atoms with E-state index < -0.39 is 102 Å². The van der Waals surface area contributed by atoms with Crippen LogP contribution >= 0.6 is 35.2 Å². The number of aliphatic carboxylic acids is 1. The number of phosphoric acid groups is 3. The minimum atomic E-state index is -5.61. The monoisotopic (exact) mass is 1010 g/mol. The molecule has 0 spiro atoms. The predicted molar refractivity (Wildman–Crippen MR) is 231 cm³/mol. The second kappa shape index (κ2) is 22.1. The summed E-state index contributed by atoms with van der Waals surface area (Å²) in [6.07, 6.45) is -6.19. The van der Waals surface area contributed by atoms with E-state index in [0.29, 0.717) is 5.56 Å². The van der Waals surface area contributed by atoms with Gasteiger partial charge in [-0.1, -0.05) is 62.0 Å². The van der Waals surface area contributed by atoms with E-state index in [2.05, 4.69) is 34.4 Å². The number of anilines is 1. The van der Waals surface area contributed by atoms with Gasteiger partial charge in [0.15, 0.2) is 17.7 Å². The lowest BCUT2D eigenvalue weighted by Crippen LogP contribution is -2.46. The first-order valence-electron chi connectivity index (χ1n) is 19.3. The van der Waals surface area contributed by atoms with Gasteiger partial charge in [-0.15, -0.1) is 0 Å². The highest BCUT2D eigenvalue weighted by molar-refractivity contribution is 8.14. The maximum atomic E-state index is 12.9. The summed E-state index contributed by atoms with van der Waals surface area (Å²) in [5.41, 5.74) is 4.89. The van der Waals surface area contributed by atoms with E-state index in [1.54, 1.807) is 6.07 Å². The van der Waals surface area contributed by atoms with Crippen LogP contribution < -0.4 is 16.4 Å². The van der Waals surface area contributed by atoms with E-state index >= 15 is 0 Å². The second-order valence-electron chi connectivity index (χ2n) is 15.1. The number of amides is 2. The third-order valence-electron chi connectivity index (χ3n) is 9.45. The molecule has 4 aromatic rings. The highest BCUT2D eigenvalue weighted by Gasteiger charge is 2.50. The molecule has 7 atom stereocenters. The fourth-order valence-corrected chi connectivity index (χ4v) is 9.75. The molecule has 0 radical (unpaired) electrons. The number of aliphatic hydroxyl groups excluding tert-OH is 2. The molecule has 0 bridgehead atoms. The smallest absolute Gasteiger partial charge is 0.481 e. The normalized spacial score (nSPS) is 20.4. The SMILES string of the molecule is CC(C)(COP(=O)(O)OP(=O)(O)OCC1OC(n2cnc3c(N)ncnc32)C(O)C1OP(=O)(O)O)C(O)C(=O)NCCC(=O)NCCSC(=O)C(=Cc1ccc2ccccc2c1)CC(=O)O. The molecule has 1 fully saturated rings. The quantitative estimate of drug-likeness (QED) is 0.0285. The Morgan fingerprint density at radius 1 is 0.985 bits per heavy atom. The molecule has 0 saturated carbocycles. The van der Waals surface area contributed by atoms with Crippen molar-refractivity contribution in [3.63, 3.8) is 0 Å². The van der Waals surface area contributed by atoms with Crippen LogP contribution in [0.2, 0.25) is 0 Å². The average Bonchev–Trinajstić information content (AvgIpc) is 3.79. The number of nitrogens with zero attached hydrogens (tertiary/aromatic N) is 4. The maximum Gasteiger partial charge on any atom is 0.481 e. The Labute approximate surface area is 378 Å². The molecule has 26 nitrogen and oxygen atoms in total. The molecular weight excluding hydrogens is 959 g/mol. The van der Waals surface area contributed by atoms with Gasteiger partial charge in [0.05, 0.1) is 26.0 Å². The van der Waals surface area contributed by atoms with Crippen LogP contribution in [-0.4, -0.2) is 134 Å². The largest absolute Gasteiger partial charge is 0.481 e. The molecule has 66 heavy (non-hydrogen) atoms. The standard InChI is InChI=1S/C36H46N7O19P3S/c1-36(2,30(48)33(49)39-10-9-25(44)38-11-12-66-35(50)23(15-26(45)46)14-20-7-8-21-5-3-4-6-22(21)13-20)17-59-65(56,57)62-64(54,55)58-16-24-29(61-63(51,52)53)28(47)34(60-24)43-19-42-27-31(37)40-18-41-32(27)43/h3-8,13-14,18-19,24,28-30,34,47-48H,9-12,15-17H2,1-2H3,(H,38,44)(H,39,49)(H,45,46)(H,54,55)(H,56,57)(H2,37,40,41)(H2,51,52,53). The third-order valence-corrected chi connectivity index (χ3v) is 13.5.